The van der Waals surface area contributed by atoms with E-state index in [0.717, 1.165) is 19.5 Å². The number of hydrogen-bond donors (Lipinski definition) is 1. The van der Waals surface area contributed by atoms with Crippen molar-refractivity contribution < 1.29 is 0 Å². The van der Waals surface area contributed by atoms with Gasteiger partial charge < -0.3 is 10.6 Å². The number of hydrogen-bond acceptors (Lipinski definition) is 4. The molecule has 100 valence electrons. The minimum atomic E-state index is -0.233. The molecule has 5 nitrogen and oxygen atoms in total. The van der Waals surface area contributed by atoms with Crippen LogP contribution in [0.25, 0.3) is 0 Å². The second-order valence-electron chi connectivity index (χ2n) is 4.97. The maximum Gasteiger partial charge on any atom is 0.287 e. The highest BCUT2D eigenvalue weighted by molar-refractivity contribution is 6.33. The molecule has 0 spiro atoms. The molecule has 2 unspecified atom stereocenters. The number of anilines is 1. The van der Waals surface area contributed by atoms with Crippen LogP contribution in [0.4, 0.5) is 5.69 Å². The van der Waals surface area contributed by atoms with Gasteiger partial charge in [0.05, 0.1) is 11.9 Å². The van der Waals surface area contributed by atoms with Crippen molar-refractivity contribution in [2.24, 2.45) is 11.7 Å². The van der Waals surface area contributed by atoms with E-state index in [2.05, 4.69) is 16.9 Å². The molecule has 1 aliphatic rings. The maximum atomic E-state index is 11.9. The molecule has 0 amide bonds. The Bertz CT molecular complexity index is 477. The highest BCUT2D eigenvalue weighted by Crippen LogP contribution is 2.26. The van der Waals surface area contributed by atoms with Crippen LogP contribution in [0, 0.1) is 5.92 Å². The fourth-order valence-corrected chi connectivity index (χ4v) is 2.76. The van der Waals surface area contributed by atoms with Crippen LogP contribution in [-0.4, -0.2) is 28.9 Å². The standard InChI is InChI=1S/C12H19ClN4O/c1-3-17-12(18)11(13)10(5-15-17)16-6-8(2)4-9(14)7-16/h5,8-9H,3-4,6-7,14H2,1-2H3. The first-order valence-electron chi connectivity index (χ1n) is 6.29. The van der Waals surface area contributed by atoms with Gasteiger partial charge in [-0.1, -0.05) is 18.5 Å². The van der Waals surface area contributed by atoms with E-state index in [1.54, 1.807) is 6.20 Å². The van der Waals surface area contributed by atoms with Gasteiger partial charge >= 0.3 is 0 Å². The van der Waals surface area contributed by atoms with E-state index in [-0.39, 0.29) is 16.6 Å². The van der Waals surface area contributed by atoms with E-state index in [4.69, 9.17) is 17.3 Å². The van der Waals surface area contributed by atoms with E-state index in [9.17, 15) is 4.79 Å². The first-order valence-corrected chi connectivity index (χ1v) is 6.66. The molecule has 1 fully saturated rings. The summed E-state index contributed by atoms with van der Waals surface area (Å²) in [5, 5.41) is 4.36. The lowest BCUT2D eigenvalue weighted by Gasteiger charge is -2.36. The zero-order chi connectivity index (χ0) is 13.3. The molecule has 18 heavy (non-hydrogen) atoms. The number of aryl methyl sites for hydroxylation is 1. The third-order valence-corrected chi connectivity index (χ3v) is 3.65. The van der Waals surface area contributed by atoms with Gasteiger partial charge in [-0.2, -0.15) is 5.10 Å². The third kappa shape index (κ3) is 2.52. The van der Waals surface area contributed by atoms with Gasteiger partial charge in [0.1, 0.15) is 5.02 Å². The van der Waals surface area contributed by atoms with Gasteiger partial charge in [0.25, 0.3) is 5.56 Å². The molecule has 0 saturated carbocycles. The molecule has 2 atom stereocenters. The fraction of sp³-hybridized carbons (Fsp3) is 0.667. The van der Waals surface area contributed by atoms with Crippen molar-refractivity contribution in [1.82, 2.24) is 9.78 Å². The number of piperidine rings is 1. The Balaban J connectivity index is 2.34. The summed E-state index contributed by atoms with van der Waals surface area (Å²) in [5.74, 6) is 0.499. The zero-order valence-electron chi connectivity index (χ0n) is 10.8. The van der Waals surface area contributed by atoms with Crippen molar-refractivity contribution in [1.29, 1.82) is 0 Å². The van der Waals surface area contributed by atoms with Crippen LogP contribution in [0.3, 0.4) is 0 Å². The first kappa shape index (κ1) is 13.4. The summed E-state index contributed by atoms with van der Waals surface area (Å²) in [6, 6.07) is 0.124. The van der Waals surface area contributed by atoms with Crippen LogP contribution >= 0.6 is 11.6 Å². The van der Waals surface area contributed by atoms with E-state index in [1.165, 1.54) is 4.68 Å². The van der Waals surface area contributed by atoms with Crippen LogP contribution in [-0.2, 0) is 6.54 Å². The Kier molecular flexibility index (Phi) is 3.92. The van der Waals surface area contributed by atoms with Crippen molar-refractivity contribution in [2.75, 3.05) is 18.0 Å². The van der Waals surface area contributed by atoms with Gasteiger partial charge in [-0.05, 0) is 19.3 Å². The van der Waals surface area contributed by atoms with Gasteiger partial charge in [-0.25, -0.2) is 4.68 Å². The number of nitrogens with two attached hydrogens (primary N) is 1. The Hall–Kier alpha value is -1.07. The van der Waals surface area contributed by atoms with Crippen molar-refractivity contribution in [3.63, 3.8) is 0 Å². The summed E-state index contributed by atoms with van der Waals surface area (Å²) in [6.07, 6.45) is 2.67. The Labute approximate surface area is 112 Å². The minimum absolute atomic E-state index is 0.124. The maximum absolute atomic E-state index is 11.9. The summed E-state index contributed by atoms with van der Waals surface area (Å²) in [5.41, 5.74) is 6.48. The zero-order valence-corrected chi connectivity index (χ0v) is 11.5. The molecular formula is C12H19ClN4O. The topological polar surface area (TPSA) is 64.2 Å². The molecule has 1 aromatic heterocycles. The van der Waals surface area contributed by atoms with Crippen molar-refractivity contribution in [3.8, 4) is 0 Å². The molecule has 2 rings (SSSR count). The van der Waals surface area contributed by atoms with Gasteiger partial charge in [0.15, 0.2) is 0 Å². The molecule has 2 heterocycles. The quantitative estimate of drug-likeness (QED) is 0.874. The predicted molar refractivity (Wildman–Crippen MR) is 73.2 cm³/mol. The molecule has 0 aliphatic carbocycles. The van der Waals surface area contributed by atoms with Crippen LogP contribution in [0.15, 0.2) is 11.0 Å². The highest BCUT2D eigenvalue weighted by atomic mass is 35.5. The van der Waals surface area contributed by atoms with Gasteiger partial charge in [0, 0.05) is 25.7 Å². The van der Waals surface area contributed by atoms with Gasteiger partial charge in [0.2, 0.25) is 0 Å². The van der Waals surface area contributed by atoms with Crippen molar-refractivity contribution >= 4 is 17.3 Å². The van der Waals surface area contributed by atoms with E-state index < -0.39 is 0 Å². The van der Waals surface area contributed by atoms with Gasteiger partial charge in [-0.3, -0.25) is 4.79 Å². The largest absolute Gasteiger partial charge is 0.367 e. The first-order chi connectivity index (χ1) is 8.52. The Morgan fingerprint density at radius 2 is 2.28 bits per heavy atom. The average molecular weight is 271 g/mol. The molecule has 0 radical (unpaired) electrons. The normalized spacial score (nSPS) is 24.3. The molecule has 2 N–H and O–H groups in total. The monoisotopic (exact) mass is 270 g/mol. The Morgan fingerprint density at radius 3 is 2.89 bits per heavy atom. The van der Waals surface area contributed by atoms with Gasteiger partial charge in [-0.15, -0.1) is 0 Å². The molecular weight excluding hydrogens is 252 g/mol. The third-order valence-electron chi connectivity index (χ3n) is 3.30. The molecule has 1 saturated heterocycles. The van der Waals surface area contributed by atoms with E-state index in [0.29, 0.717) is 18.2 Å². The predicted octanol–water partition coefficient (Wildman–Crippen LogP) is 1.09. The highest BCUT2D eigenvalue weighted by Gasteiger charge is 2.25. The number of aromatic nitrogens is 2. The van der Waals surface area contributed by atoms with Crippen molar-refractivity contribution in [3.05, 3.63) is 21.6 Å². The lowest BCUT2D eigenvalue weighted by Crippen LogP contribution is -2.47. The van der Waals surface area contributed by atoms with Crippen LogP contribution < -0.4 is 16.2 Å². The minimum Gasteiger partial charge on any atom is -0.367 e. The fourth-order valence-electron chi connectivity index (χ4n) is 2.50. The van der Waals surface area contributed by atoms with Crippen LogP contribution in [0.2, 0.25) is 5.02 Å². The Morgan fingerprint density at radius 1 is 1.56 bits per heavy atom. The summed E-state index contributed by atoms with van der Waals surface area (Å²) >= 11 is 6.15. The molecule has 0 bridgehead atoms. The SMILES string of the molecule is CCn1ncc(N2CC(C)CC(N)C2)c(Cl)c1=O. The summed E-state index contributed by atoms with van der Waals surface area (Å²) < 4.78 is 1.36. The molecule has 6 heteroatoms. The van der Waals surface area contributed by atoms with Crippen LogP contribution in [0.1, 0.15) is 20.3 Å². The second-order valence-corrected chi connectivity index (χ2v) is 5.35. The molecule has 1 aliphatic heterocycles. The van der Waals surface area contributed by atoms with Crippen molar-refractivity contribution in [2.45, 2.75) is 32.9 Å². The average Bonchev–Trinajstić information content (AvgIpc) is 2.31. The second kappa shape index (κ2) is 5.28. The lowest BCUT2D eigenvalue weighted by molar-refractivity contribution is 0.401. The van der Waals surface area contributed by atoms with E-state index >= 15 is 0 Å². The summed E-state index contributed by atoms with van der Waals surface area (Å²) in [4.78, 5) is 14.0. The number of nitrogens with zero attached hydrogens (tertiary/aromatic N) is 3. The summed E-state index contributed by atoms with van der Waals surface area (Å²) in [7, 11) is 0. The summed E-state index contributed by atoms with van der Waals surface area (Å²) in [6.45, 7) is 6.13. The smallest absolute Gasteiger partial charge is 0.287 e. The number of halogens is 1. The lowest BCUT2D eigenvalue weighted by atomic mass is 9.96. The van der Waals surface area contributed by atoms with E-state index in [1.807, 2.05) is 6.92 Å². The van der Waals surface area contributed by atoms with Crippen LogP contribution in [0.5, 0.6) is 0 Å². The molecule has 0 aromatic carbocycles. The molecule has 1 aromatic rings. The number of rotatable bonds is 2.